The average molecular weight is 320 g/mol. The zero-order chi connectivity index (χ0) is 15.3. The molecule has 0 amide bonds. The standard InChI is InChI=1S/C17H22ClN3O/c1-11-6-15-14(16(18)19-11)7-12(20-15)10-21-4-2-17(3-5-21)8-13(22)9-17/h6-7,13,20,22H,2-5,8-10H2,1H3. The summed E-state index contributed by atoms with van der Waals surface area (Å²) in [5.74, 6) is 0. The second-order valence-corrected chi connectivity index (χ2v) is 7.51. The Morgan fingerprint density at radius 3 is 2.77 bits per heavy atom. The number of fused-ring (bicyclic) bond motifs is 1. The van der Waals surface area contributed by atoms with Crippen molar-refractivity contribution in [2.45, 2.75) is 45.3 Å². The van der Waals surface area contributed by atoms with Gasteiger partial charge in [0.2, 0.25) is 0 Å². The van der Waals surface area contributed by atoms with Gasteiger partial charge < -0.3 is 10.1 Å². The van der Waals surface area contributed by atoms with Gasteiger partial charge >= 0.3 is 0 Å². The minimum Gasteiger partial charge on any atom is -0.393 e. The number of halogens is 1. The van der Waals surface area contributed by atoms with E-state index < -0.39 is 0 Å². The summed E-state index contributed by atoms with van der Waals surface area (Å²) in [5.41, 5.74) is 3.66. The van der Waals surface area contributed by atoms with Gasteiger partial charge in [0, 0.05) is 23.3 Å². The number of piperidine rings is 1. The number of aliphatic hydroxyl groups is 1. The number of aromatic amines is 1. The Labute approximate surface area is 135 Å². The van der Waals surface area contributed by atoms with Crippen LogP contribution in [-0.2, 0) is 6.54 Å². The van der Waals surface area contributed by atoms with E-state index >= 15 is 0 Å². The monoisotopic (exact) mass is 319 g/mol. The molecule has 2 aromatic heterocycles. The van der Waals surface area contributed by atoms with E-state index in [1.165, 1.54) is 18.5 Å². The van der Waals surface area contributed by atoms with E-state index in [-0.39, 0.29) is 6.10 Å². The number of aliphatic hydroxyl groups excluding tert-OH is 1. The van der Waals surface area contributed by atoms with E-state index in [2.05, 4.69) is 20.9 Å². The Morgan fingerprint density at radius 1 is 1.36 bits per heavy atom. The minimum atomic E-state index is -0.0434. The number of nitrogens with one attached hydrogen (secondary N) is 1. The lowest BCUT2D eigenvalue weighted by Gasteiger charge is -2.50. The highest BCUT2D eigenvalue weighted by Gasteiger charge is 2.44. The number of hydrogen-bond donors (Lipinski definition) is 2. The summed E-state index contributed by atoms with van der Waals surface area (Å²) in [4.78, 5) is 10.3. The van der Waals surface area contributed by atoms with Crippen LogP contribution >= 0.6 is 11.6 Å². The molecule has 2 N–H and O–H groups in total. The number of H-pyrrole nitrogens is 1. The predicted molar refractivity (Wildman–Crippen MR) is 88.0 cm³/mol. The molecule has 1 aliphatic carbocycles. The number of rotatable bonds is 2. The van der Waals surface area contributed by atoms with Crippen molar-refractivity contribution >= 4 is 22.5 Å². The molecule has 0 atom stereocenters. The molecule has 0 bridgehead atoms. The van der Waals surface area contributed by atoms with Crippen molar-refractivity contribution in [2.75, 3.05) is 13.1 Å². The van der Waals surface area contributed by atoms with Gasteiger partial charge in [0.1, 0.15) is 5.15 Å². The van der Waals surface area contributed by atoms with Gasteiger partial charge in [-0.3, -0.25) is 4.90 Å². The largest absolute Gasteiger partial charge is 0.393 e. The fraction of sp³-hybridized carbons (Fsp3) is 0.588. The van der Waals surface area contributed by atoms with Crippen LogP contribution in [0.25, 0.3) is 10.9 Å². The van der Waals surface area contributed by atoms with Crippen molar-refractivity contribution in [2.24, 2.45) is 5.41 Å². The van der Waals surface area contributed by atoms with Crippen molar-refractivity contribution in [3.8, 4) is 0 Å². The molecule has 0 radical (unpaired) electrons. The third-order valence-corrected chi connectivity index (χ3v) is 5.69. The summed E-state index contributed by atoms with van der Waals surface area (Å²) in [5, 5.41) is 11.2. The lowest BCUT2D eigenvalue weighted by Crippen LogP contribution is -2.48. The molecule has 1 saturated heterocycles. The number of nitrogens with zero attached hydrogens (tertiary/aromatic N) is 2. The summed E-state index contributed by atoms with van der Waals surface area (Å²) in [7, 11) is 0. The van der Waals surface area contributed by atoms with Crippen LogP contribution in [0.1, 0.15) is 37.1 Å². The SMILES string of the molecule is Cc1cc2[nH]c(CN3CCC4(CC3)CC(O)C4)cc2c(Cl)n1. The molecule has 4 rings (SSSR count). The molecule has 4 nitrogen and oxygen atoms in total. The summed E-state index contributed by atoms with van der Waals surface area (Å²) >= 11 is 6.23. The zero-order valence-corrected chi connectivity index (χ0v) is 13.7. The average Bonchev–Trinajstić information content (AvgIpc) is 2.82. The minimum absolute atomic E-state index is 0.0434. The van der Waals surface area contributed by atoms with E-state index in [0.29, 0.717) is 10.6 Å². The Balaban J connectivity index is 1.45. The second-order valence-electron chi connectivity index (χ2n) is 7.15. The van der Waals surface area contributed by atoms with Crippen molar-refractivity contribution in [3.63, 3.8) is 0 Å². The summed E-state index contributed by atoms with van der Waals surface area (Å²) in [6, 6.07) is 4.17. The van der Waals surface area contributed by atoms with Crippen molar-refractivity contribution in [1.29, 1.82) is 0 Å². The van der Waals surface area contributed by atoms with E-state index in [9.17, 15) is 5.11 Å². The predicted octanol–water partition coefficient (Wildman–Crippen LogP) is 3.26. The fourth-order valence-corrected chi connectivity index (χ4v) is 4.42. The Hall–Kier alpha value is -1.10. The fourth-order valence-electron chi connectivity index (χ4n) is 4.13. The number of hydrogen-bond acceptors (Lipinski definition) is 3. The topological polar surface area (TPSA) is 52.2 Å². The molecule has 1 aliphatic heterocycles. The molecule has 1 spiro atoms. The molecule has 2 fully saturated rings. The highest BCUT2D eigenvalue weighted by molar-refractivity contribution is 6.34. The van der Waals surface area contributed by atoms with Crippen LogP contribution in [-0.4, -0.2) is 39.2 Å². The molecule has 3 heterocycles. The van der Waals surface area contributed by atoms with Crippen LogP contribution in [0.3, 0.4) is 0 Å². The lowest BCUT2D eigenvalue weighted by molar-refractivity contribution is -0.0691. The second kappa shape index (κ2) is 5.22. The van der Waals surface area contributed by atoms with Crippen LogP contribution in [0.5, 0.6) is 0 Å². The Kier molecular flexibility index (Phi) is 3.44. The maximum absolute atomic E-state index is 9.56. The maximum atomic E-state index is 9.56. The highest BCUT2D eigenvalue weighted by atomic mass is 35.5. The zero-order valence-electron chi connectivity index (χ0n) is 12.9. The van der Waals surface area contributed by atoms with Crippen LogP contribution in [0.15, 0.2) is 12.1 Å². The van der Waals surface area contributed by atoms with Gasteiger partial charge in [0.05, 0.1) is 11.6 Å². The first-order valence-corrected chi connectivity index (χ1v) is 8.46. The van der Waals surface area contributed by atoms with Crippen LogP contribution in [0.4, 0.5) is 0 Å². The molecular weight excluding hydrogens is 298 g/mol. The first-order valence-electron chi connectivity index (χ1n) is 8.08. The van der Waals surface area contributed by atoms with Crippen LogP contribution in [0.2, 0.25) is 5.15 Å². The maximum Gasteiger partial charge on any atom is 0.138 e. The Bertz CT molecular complexity index is 695. The van der Waals surface area contributed by atoms with E-state index in [1.54, 1.807) is 0 Å². The summed E-state index contributed by atoms with van der Waals surface area (Å²) in [6.07, 6.45) is 4.40. The van der Waals surface area contributed by atoms with Gasteiger partial charge in [-0.1, -0.05) is 11.6 Å². The van der Waals surface area contributed by atoms with Gasteiger partial charge in [0.25, 0.3) is 0 Å². The van der Waals surface area contributed by atoms with Gasteiger partial charge in [0.15, 0.2) is 0 Å². The van der Waals surface area contributed by atoms with Gasteiger partial charge in [-0.25, -0.2) is 4.98 Å². The first-order chi connectivity index (χ1) is 10.5. The molecule has 0 unspecified atom stereocenters. The third-order valence-electron chi connectivity index (χ3n) is 5.40. The number of pyridine rings is 1. The van der Waals surface area contributed by atoms with E-state index in [1.807, 2.05) is 13.0 Å². The van der Waals surface area contributed by atoms with Gasteiger partial charge in [-0.05, 0) is 63.2 Å². The third kappa shape index (κ3) is 2.53. The number of likely N-dealkylation sites (tertiary alicyclic amines) is 1. The van der Waals surface area contributed by atoms with Crippen molar-refractivity contribution in [3.05, 3.63) is 28.7 Å². The molecule has 22 heavy (non-hydrogen) atoms. The molecule has 2 aliphatic rings. The smallest absolute Gasteiger partial charge is 0.138 e. The number of aryl methyl sites for hydroxylation is 1. The summed E-state index contributed by atoms with van der Waals surface area (Å²) in [6.45, 7) is 5.13. The lowest BCUT2D eigenvalue weighted by atomic mass is 9.61. The molecular formula is C17H22ClN3O. The molecule has 1 saturated carbocycles. The van der Waals surface area contributed by atoms with Crippen molar-refractivity contribution in [1.82, 2.24) is 14.9 Å². The molecule has 118 valence electrons. The first kappa shape index (κ1) is 14.5. The number of aromatic nitrogens is 2. The summed E-state index contributed by atoms with van der Waals surface area (Å²) < 4.78 is 0. The van der Waals surface area contributed by atoms with Gasteiger partial charge in [-0.15, -0.1) is 0 Å². The molecule has 0 aromatic carbocycles. The van der Waals surface area contributed by atoms with E-state index in [4.69, 9.17) is 11.6 Å². The molecule has 2 aromatic rings. The van der Waals surface area contributed by atoms with E-state index in [0.717, 1.165) is 49.1 Å². The highest BCUT2D eigenvalue weighted by Crippen LogP contribution is 2.49. The van der Waals surface area contributed by atoms with Crippen molar-refractivity contribution < 1.29 is 5.11 Å². The Morgan fingerprint density at radius 2 is 2.09 bits per heavy atom. The van der Waals surface area contributed by atoms with Crippen LogP contribution < -0.4 is 0 Å². The van der Waals surface area contributed by atoms with Gasteiger partial charge in [-0.2, -0.15) is 0 Å². The van der Waals surface area contributed by atoms with Crippen LogP contribution in [0, 0.1) is 12.3 Å². The quantitative estimate of drug-likeness (QED) is 0.835. The normalized spacial score (nSPS) is 22.3. The molecule has 5 heteroatoms.